The van der Waals surface area contributed by atoms with E-state index in [0.717, 1.165) is 12.3 Å². The van der Waals surface area contributed by atoms with Gasteiger partial charge in [0.2, 0.25) is 0 Å². The molecule has 1 fully saturated rings. The van der Waals surface area contributed by atoms with Crippen molar-refractivity contribution in [3.8, 4) is 5.75 Å². The fraction of sp³-hybridized carbons (Fsp3) is 0.625. The van der Waals surface area contributed by atoms with Gasteiger partial charge in [0.05, 0.1) is 7.11 Å². The van der Waals surface area contributed by atoms with Crippen LogP contribution in [0.2, 0.25) is 0 Å². The summed E-state index contributed by atoms with van der Waals surface area (Å²) < 4.78 is 5.54. The van der Waals surface area contributed by atoms with Crippen molar-refractivity contribution >= 4 is 0 Å². The van der Waals surface area contributed by atoms with Crippen LogP contribution in [-0.2, 0) is 10.8 Å². The molecule has 0 aliphatic heterocycles. The van der Waals surface area contributed by atoms with Crippen molar-refractivity contribution in [2.75, 3.05) is 13.7 Å². The molecule has 0 atom stereocenters. The second kappa shape index (κ2) is 4.58. The topological polar surface area (TPSA) is 35.2 Å². The van der Waals surface area contributed by atoms with Crippen molar-refractivity contribution in [1.29, 1.82) is 0 Å². The summed E-state index contributed by atoms with van der Waals surface area (Å²) in [5.74, 6) is 0.994. The summed E-state index contributed by atoms with van der Waals surface area (Å²) >= 11 is 0. The van der Waals surface area contributed by atoms with Crippen molar-refractivity contribution < 1.29 is 4.74 Å². The van der Waals surface area contributed by atoms with Gasteiger partial charge in [0, 0.05) is 17.5 Å². The zero-order valence-corrected chi connectivity index (χ0v) is 12.0. The van der Waals surface area contributed by atoms with Crippen LogP contribution < -0.4 is 10.5 Å². The van der Waals surface area contributed by atoms with Crippen LogP contribution in [0, 0.1) is 0 Å². The fourth-order valence-electron chi connectivity index (χ4n) is 2.78. The minimum Gasteiger partial charge on any atom is -0.496 e. The standard InChI is InChI=1S/C16H25NO/c1-15(2,3)12-6-7-14(18-4)13(10-12)16(11-17)8-5-9-16/h6-7,10H,5,8-9,11,17H2,1-4H3. The molecule has 0 unspecified atom stereocenters. The summed E-state index contributed by atoms with van der Waals surface area (Å²) in [7, 11) is 1.75. The van der Waals surface area contributed by atoms with E-state index in [4.69, 9.17) is 10.5 Å². The first-order valence-electron chi connectivity index (χ1n) is 6.82. The van der Waals surface area contributed by atoms with E-state index in [-0.39, 0.29) is 10.8 Å². The Balaban J connectivity index is 2.49. The molecule has 0 spiro atoms. The summed E-state index contributed by atoms with van der Waals surface area (Å²) in [6.07, 6.45) is 3.65. The Morgan fingerprint density at radius 1 is 1.28 bits per heavy atom. The van der Waals surface area contributed by atoms with Crippen LogP contribution >= 0.6 is 0 Å². The van der Waals surface area contributed by atoms with Crippen molar-refractivity contribution in [3.05, 3.63) is 29.3 Å². The van der Waals surface area contributed by atoms with Crippen LogP contribution in [0.1, 0.15) is 51.2 Å². The van der Waals surface area contributed by atoms with Gasteiger partial charge in [-0.1, -0.05) is 39.3 Å². The zero-order valence-electron chi connectivity index (χ0n) is 12.0. The number of benzene rings is 1. The summed E-state index contributed by atoms with van der Waals surface area (Å²) in [6.45, 7) is 7.45. The minimum atomic E-state index is 0.159. The second-order valence-electron chi connectivity index (χ2n) is 6.50. The van der Waals surface area contributed by atoms with Gasteiger partial charge in [-0.15, -0.1) is 0 Å². The lowest BCUT2D eigenvalue weighted by molar-refractivity contribution is 0.243. The predicted molar refractivity (Wildman–Crippen MR) is 76.3 cm³/mol. The molecule has 1 aromatic carbocycles. The van der Waals surface area contributed by atoms with E-state index in [0.29, 0.717) is 0 Å². The maximum Gasteiger partial charge on any atom is 0.122 e. The number of methoxy groups -OCH3 is 1. The van der Waals surface area contributed by atoms with Gasteiger partial charge in [-0.05, 0) is 29.9 Å². The molecule has 100 valence electrons. The number of ether oxygens (including phenoxy) is 1. The smallest absolute Gasteiger partial charge is 0.122 e. The molecule has 2 heteroatoms. The van der Waals surface area contributed by atoms with Gasteiger partial charge < -0.3 is 10.5 Å². The minimum absolute atomic E-state index is 0.159. The van der Waals surface area contributed by atoms with Gasteiger partial charge >= 0.3 is 0 Å². The highest BCUT2D eigenvalue weighted by molar-refractivity contribution is 5.45. The molecule has 18 heavy (non-hydrogen) atoms. The van der Waals surface area contributed by atoms with Crippen LogP contribution in [0.3, 0.4) is 0 Å². The van der Waals surface area contributed by atoms with E-state index < -0.39 is 0 Å². The Hall–Kier alpha value is -1.02. The van der Waals surface area contributed by atoms with Gasteiger partial charge in [0.1, 0.15) is 5.75 Å². The van der Waals surface area contributed by atoms with Crippen molar-refractivity contribution in [2.24, 2.45) is 5.73 Å². The summed E-state index contributed by atoms with van der Waals surface area (Å²) in [4.78, 5) is 0. The lowest BCUT2D eigenvalue weighted by Crippen LogP contribution is -2.42. The van der Waals surface area contributed by atoms with Gasteiger partial charge in [-0.3, -0.25) is 0 Å². The Bertz CT molecular complexity index is 422. The van der Waals surface area contributed by atoms with Crippen molar-refractivity contribution in [1.82, 2.24) is 0 Å². The van der Waals surface area contributed by atoms with Gasteiger partial charge in [0.15, 0.2) is 0 Å². The number of hydrogen-bond acceptors (Lipinski definition) is 2. The molecule has 0 amide bonds. The lowest BCUT2D eigenvalue weighted by Gasteiger charge is -2.42. The average molecular weight is 247 g/mol. The van der Waals surface area contributed by atoms with E-state index in [1.807, 2.05) is 0 Å². The van der Waals surface area contributed by atoms with Crippen LogP contribution in [0.4, 0.5) is 0 Å². The highest BCUT2D eigenvalue weighted by Crippen LogP contribution is 2.47. The highest BCUT2D eigenvalue weighted by Gasteiger charge is 2.39. The molecule has 0 heterocycles. The summed E-state index contributed by atoms with van der Waals surface area (Å²) in [5, 5.41) is 0. The molecule has 1 aliphatic carbocycles. The molecule has 0 aromatic heterocycles. The van der Waals surface area contributed by atoms with E-state index in [9.17, 15) is 0 Å². The molecule has 0 bridgehead atoms. The van der Waals surface area contributed by atoms with E-state index in [1.54, 1.807) is 7.11 Å². The maximum atomic E-state index is 6.03. The molecule has 2 rings (SSSR count). The largest absolute Gasteiger partial charge is 0.496 e. The van der Waals surface area contributed by atoms with E-state index in [2.05, 4.69) is 39.0 Å². The molecule has 1 aromatic rings. The first kappa shape index (κ1) is 13.4. The Kier molecular flexibility index (Phi) is 3.41. The molecule has 2 nitrogen and oxygen atoms in total. The summed E-state index contributed by atoms with van der Waals surface area (Å²) in [5.41, 5.74) is 9.03. The van der Waals surface area contributed by atoms with Gasteiger partial charge in [-0.2, -0.15) is 0 Å². The Morgan fingerprint density at radius 3 is 2.33 bits per heavy atom. The van der Waals surface area contributed by atoms with E-state index >= 15 is 0 Å². The normalized spacial score (nSPS) is 18.3. The van der Waals surface area contributed by atoms with E-state index in [1.165, 1.54) is 30.4 Å². The third kappa shape index (κ3) is 2.14. The van der Waals surface area contributed by atoms with Crippen molar-refractivity contribution in [2.45, 2.75) is 50.9 Å². The number of nitrogens with two attached hydrogens (primary N) is 1. The first-order chi connectivity index (χ1) is 8.43. The fourth-order valence-corrected chi connectivity index (χ4v) is 2.78. The highest BCUT2D eigenvalue weighted by atomic mass is 16.5. The second-order valence-corrected chi connectivity index (χ2v) is 6.50. The lowest BCUT2D eigenvalue weighted by atomic mass is 9.63. The molecule has 1 saturated carbocycles. The summed E-state index contributed by atoms with van der Waals surface area (Å²) in [6, 6.07) is 6.59. The third-order valence-electron chi connectivity index (χ3n) is 4.34. The van der Waals surface area contributed by atoms with Crippen LogP contribution in [-0.4, -0.2) is 13.7 Å². The Morgan fingerprint density at radius 2 is 1.94 bits per heavy atom. The number of rotatable bonds is 3. The van der Waals surface area contributed by atoms with Gasteiger partial charge in [-0.25, -0.2) is 0 Å². The van der Waals surface area contributed by atoms with Crippen molar-refractivity contribution in [3.63, 3.8) is 0 Å². The zero-order chi connectivity index (χ0) is 13.4. The molecule has 2 N–H and O–H groups in total. The molecular formula is C16H25NO. The first-order valence-corrected chi connectivity index (χ1v) is 6.82. The SMILES string of the molecule is COc1ccc(C(C)(C)C)cc1C1(CN)CCC1. The predicted octanol–water partition coefficient (Wildman–Crippen LogP) is 3.37. The van der Waals surface area contributed by atoms with Crippen LogP contribution in [0.5, 0.6) is 5.75 Å². The molecule has 1 aliphatic rings. The third-order valence-corrected chi connectivity index (χ3v) is 4.34. The number of hydrogen-bond donors (Lipinski definition) is 1. The molecule has 0 radical (unpaired) electrons. The van der Waals surface area contributed by atoms with Gasteiger partial charge in [0.25, 0.3) is 0 Å². The average Bonchev–Trinajstić information content (AvgIpc) is 2.27. The molecular weight excluding hydrogens is 222 g/mol. The quantitative estimate of drug-likeness (QED) is 0.888. The Labute approximate surface area is 111 Å². The van der Waals surface area contributed by atoms with Crippen LogP contribution in [0.25, 0.3) is 0 Å². The monoisotopic (exact) mass is 247 g/mol. The van der Waals surface area contributed by atoms with Crippen LogP contribution in [0.15, 0.2) is 18.2 Å². The molecule has 0 saturated heterocycles. The maximum absolute atomic E-state index is 6.03.